The van der Waals surface area contributed by atoms with Crippen LogP contribution in [0.3, 0.4) is 0 Å². The van der Waals surface area contributed by atoms with Crippen LogP contribution in [0.2, 0.25) is 0 Å². The van der Waals surface area contributed by atoms with E-state index in [1.807, 2.05) is 0 Å². The van der Waals surface area contributed by atoms with Crippen LogP contribution in [-0.2, 0) is 33.3 Å². The van der Waals surface area contributed by atoms with Gasteiger partial charge >= 0.3 is 0 Å². The van der Waals surface area contributed by atoms with Crippen LogP contribution >= 0.6 is 18.9 Å². The second-order valence-corrected chi connectivity index (χ2v) is 12.0. The normalized spacial score (nSPS) is 19.6. The summed E-state index contributed by atoms with van der Waals surface area (Å²) in [6, 6.07) is 7.47. The van der Waals surface area contributed by atoms with Gasteiger partial charge in [0.1, 0.15) is 0 Å². The van der Waals surface area contributed by atoms with Crippen LogP contribution in [-0.4, -0.2) is 11.3 Å². The van der Waals surface area contributed by atoms with Crippen molar-refractivity contribution in [2.24, 2.45) is 0 Å². The second-order valence-electron chi connectivity index (χ2n) is 7.52. The molecule has 0 aliphatic heterocycles. The molecule has 0 radical (unpaired) electrons. The van der Waals surface area contributed by atoms with Gasteiger partial charge in [0.25, 0.3) is 0 Å². The van der Waals surface area contributed by atoms with Gasteiger partial charge in [-0.3, -0.25) is 0 Å². The van der Waals surface area contributed by atoms with Gasteiger partial charge in [-0.15, -0.1) is 0 Å². The van der Waals surface area contributed by atoms with E-state index in [0.29, 0.717) is 0 Å². The molecule has 0 aromatic heterocycles. The van der Waals surface area contributed by atoms with Gasteiger partial charge in [0.05, 0.1) is 5.30 Å². The van der Waals surface area contributed by atoms with Gasteiger partial charge in [0.2, 0.25) is 0 Å². The van der Waals surface area contributed by atoms with E-state index < -0.39 is 7.26 Å². The molecule has 1 aromatic carbocycles. The predicted molar refractivity (Wildman–Crippen MR) is 106 cm³/mol. The van der Waals surface area contributed by atoms with Crippen LogP contribution < -0.4 is 5.30 Å². The zero-order valence-electron chi connectivity index (χ0n) is 15.2. The molecule has 0 saturated heterocycles. The molecule has 0 heterocycles. The molecular weight excluding hydrogens is 425 g/mol. The average Bonchev–Trinajstić information content (AvgIpc) is 3.30. The molecule has 0 N–H and O–H groups in total. The first kappa shape index (κ1) is 20.9. The summed E-state index contributed by atoms with van der Waals surface area (Å²) >= 11 is 6.73. The maximum Gasteiger partial charge on any atom is 0.0670 e. The van der Waals surface area contributed by atoms with Crippen LogP contribution in [0.25, 0.3) is 0 Å². The number of benzene rings is 1. The van der Waals surface area contributed by atoms with Crippen LogP contribution in [0.5, 0.6) is 0 Å². The van der Waals surface area contributed by atoms with E-state index in [1.54, 1.807) is 5.30 Å². The minimum Gasteiger partial charge on any atom is -0.304 e. The third-order valence-corrected chi connectivity index (χ3v) is 12.2. The minimum absolute atomic E-state index is 0. The van der Waals surface area contributed by atoms with Crippen molar-refractivity contribution in [3.63, 3.8) is 0 Å². The number of hydrogen-bond acceptors (Lipinski definition) is 0. The summed E-state index contributed by atoms with van der Waals surface area (Å²) in [4.78, 5) is 0. The van der Waals surface area contributed by atoms with Gasteiger partial charge in [-0.25, -0.2) is 0 Å². The third kappa shape index (κ3) is 3.96. The van der Waals surface area contributed by atoms with Gasteiger partial charge in [0.15, 0.2) is 0 Å². The monoisotopic (exact) mass is 456 g/mol. The van der Waals surface area contributed by atoms with Crippen LogP contribution in [0, 0.1) is 5.62 Å². The van der Waals surface area contributed by atoms with Crippen LogP contribution in [0.1, 0.15) is 76.3 Å². The van der Waals surface area contributed by atoms with Crippen molar-refractivity contribution in [2.75, 3.05) is 0 Å². The Hall–Kier alpha value is 0.602. The molecule has 2 aliphatic rings. The Kier molecular flexibility index (Phi) is 8.29. The van der Waals surface area contributed by atoms with Crippen LogP contribution in [0.15, 0.2) is 18.2 Å². The molecule has 0 amide bonds. The molecule has 2 fully saturated rings. The van der Waals surface area contributed by atoms with E-state index in [4.69, 9.17) is 11.6 Å². The Balaban J connectivity index is 0.00000208. The van der Waals surface area contributed by atoms with Gasteiger partial charge < -0.3 is 11.6 Å². The largest absolute Gasteiger partial charge is 0.304 e. The van der Waals surface area contributed by atoms with Crippen molar-refractivity contribution in [1.29, 1.82) is 0 Å². The predicted octanol–water partition coefficient (Wildman–Crippen LogP) is 6.70. The van der Waals surface area contributed by atoms with Gasteiger partial charge in [-0.1, -0.05) is 32.8 Å². The SMILES string of the molecule is CCc1cc(CC)cc([P+]([CH-]Cl)(C2CCCC2)C2CCCC2)c1.[Pd]. The van der Waals surface area contributed by atoms with Crippen molar-refractivity contribution >= 4 is 24.2 Å². The van der Waals surface area contributed by atoms with Gasteiger partial charge in [-0.05, 0) is 87.5 Å². The van der Waals surface area contributed by atoms with E-state index in [-0.39, 0.29) is 20.4 Å². The van der Waals surface area contributed by atoms with E-state index in [9.17, 15) is 0 Å². The topological polar surface area (TPSA) is 0 Å². The smallest absolute Gasteiger partial charge is 0.0670 e. The van der Waals surface area contributed by atoms with Crippen molar-refractivity contribution < 1.29 is 20.4 Å². The van der Waals surface area contributed by atoms with E-state index in [1.165, 1.54) is 62.5 Å². The Morgan fingerprint density at radius 2 is 1.29 bits per heavy atom. The Morgan fingerprint density at radius 3 is 1.62 bits per heavy atom. The summed E-state index contributed by atoms with van der Waals surface area (Å²) in [7, 11) is -1.36. The summed E-state index contributed by atoms with van der Waals surface area (Å²) in [6.07, 6.45) is 13.6. The van der Waals surface area contributed by atoms with Crippen molar-refractivity contribution in [2.45, 2.75) is 89.4 Å². The minimum atomic E-state index is -1.36. The molecule has 0 nitrogen and oxygen atoms in total. The first-order chi connectivity index (χ1) is 11.2. The number of halogens is 1. The summed E-state index contributed by atoms with van der Waals surface area (Å²) < 4.78 is 0. The molecule has 0 unspecified atom stereocenters. The Bertz CT molecular complexity index is 480. The van der Waals surface area contributed by atoms with E-state index >= 15 is 0 Å². The molecule has 0 atom stereocenters. The van der Waals surface area contributed by atoms with Crippen molar-refractivity contribution in [3.05, 3.63) is 34.9 Å². The fourth-order valence-corrected chi connectivity index (χ4v) is 11.4. The fraction of sp³-hybridized carbons (Fsp3) is 0.667. The fourth-order valence-electron chi connectivity index (χ4n) is 4.97. The van der Waals surface area contributed by atoms with Crippen molar-refractivity contribution in [3.8, 4) is 0 Å². The molecule has 138 valence electrons. The number of aryl methyl sites for hydroxylation is 2. The zero-order chi connectivity index (χ0) is 16.3. The molecule has 24 heavy (non-hydrogen) atoms. The molecular formula is C21H32ClPPd. The summed E-state index contributed by atoms with van der Waals surface area (Å²) in [5.41, 5.74) is 6.96. The molecule has 3 rings (SSSR count). The number of hydrogen-bond donors (Lipinski definition) is 0. The van der Waals surface area contributed by atoms with Gasteiger partial charge in [0, 0.05) is 31.7 Å². The molecule has 1 aromatic rings. The third-order valence-electron chi connectivity index (χ3n) is 6.32. The Morgan fingerprint density at radius 1 is 0.875 bits per heavy atom. The van der Waals surface area contributed by atoms with E-state index in [2.05, 4.69) is 37.7 Å². The Labute approximate surface area is 168 Å². The average molecular weight is 457 g/mol. The van der Waals surface area contributed by atoms with Gasteiger partial charge in [-0.2, -0.15) is 0 Å². The van der Waals surface area contributed by atoms with E-state index in [0.717, 1.165) is 24.2 Å². The standard InChI is InChI=1S/C21H32ClP.Pd/c1-3-17-13-18(4-2)15-21(14-17)23(16-22,19-9-5-6-10-19)20-11-7-8-12-20;/h13-16,19-20H,3-12H2,1-2H3;. The molecule has 3 heteroatoms. The van der Waals surface area contributed by atoms with Crippen molar-refractivity contribution in [1.82, 2.24) is 0 Å². The molecule has 2 aliphatic carbocycles. The maximum absolute atomic E-state index is 6.73. The summed E-state index contributed by atoms with van der Waals surface area (Å²) in [6.45, 7) is 4.57. The molecule has 0 spiro atoms. The molecule has 2 saturated carbocycles. The summed E-state index contributed by atoms with van der Waals surface area (Å²) in [5, 5.41) is 1.64. The quantitative estimate of drug-likeness (QED) is 0.254. The number of rotatable bonds is 6. The second kappa shape index (κ2) is 9.51. The first-order valence-electron chi connectivity index (χ1n) is 9.70. The van der Waals surface area contributed by atoms with Crippen LogP contribution in [0.4, 0.5) is 0 Å². The first-order valence-corrected chi connectivity index (χ1v) is 12.1. The molecule has 0 bridgehead atoms. The summed E-state index contributed by atoms with van der Waals surface area (Å²) in [5.74, 6) is 0. The zero-order valence-corrected chi connectivity index (χ0v) is 18.4. The maximum atomic E-state index is 6.73.